The van der Waals surface area contributed by atoms with Gasteiger partial charge in [0.2, 0.25) is 0 Å². The number of hydrogen-bond acceptors (Lipinski definition) is 2. The molecule has 8 heteroatoms. The molecule has 1 saturated carbocycles. The SMILES string of the molecule is FC(F)(F)c1cccc(CN[C@H]2CCCC[C@@H]2NCc2cccc(C(F)(F)F)c2)c1. The molecule has 0 amide bonds. The first-order valence-electron chi connectivity index (χ1n) is 9.92. The molecule has 30 heavy (non-hydrogen) atoms. The molecule has 0 unspecified atom stereocenters. The van der Waals surface area contributed by atoms with Crippen LogP contribution >= 0.6 is 0 Å². The van der Waals surface area contributed by atoms with E-state index in [0.717, 1.165) is 49.9 Å². The van der Waals surface area contributed by atoms with Gasteiger partial charge in [0.25, 0.3) is 0 Å². The smallest absolute Gasteiger partial charge is 0.308 e. The van der Waals surface area contributed by atoms with Gasteiger partial charge < -0.3 is 10.6 Å². The van der Waals surface area contributed by atoms with Crippen LogP contribution in [0, 0.1) is 0 Å². The first-order valence-corrected chi connectivity index (χ1v) is 9.92. The molecule has 2 aromatic rings. The lowest BCUT2D eigenvalue weighted by Gasteiger charge is -2.33. The van der Waals surface area contributed by atoms with Crippen LogP contribution in [-0.2, 0) is 25.4 Å². The minimum atomic E-state index is -4.38. The van der Waals surface area contributed by atoms with Gasteiger partial charge in [-0.25, -0.2) is 0 Å². The summed E-state index contributed by atoms with van der Waals surface area (Å²) in [5.41, 5.74) is -0.256. The summed E-state index contributed by atoms with van der Waals surface area (Å²) < 4.78 is 77.3. The molecule has 0 radical (unpaired) electrons. The van der Waals surface area contributed by atoms with Crippen LogP contribution in [0.15, 0.2) is 48.5 Å². The second-order valence-electron chi connectivity index (χ2n) is 7.66. The third kappa shape index (κ3) is 6.22. The molecule has 3 rings (SSSR count). The Kier molecular flexibility index (Phi) is 7.08. The Morgan fingerprint density at radius 3 is 1.43 bits per heavy atom. The minimum Gasteiger partial charge on any atom is -0.308 e. The molecule has 0 aliphatic heterocycles. The zero-order valence-corrected chi connectivity index (χ0v) is 16.3. The summed E-state index contributed by atoms with van der Waals surface area (Å²) in [6, 6.07) is 10.5. The van der Waals surface area contributed by atoms with Gasteiger partial charge in [-0.1, -0.05) is 49.2 Å². The Hall–Kier alpha value is -2.06. The number of rotatable bonds is 6. The lowest BCUT2D eigenvalue weighted by atomic mass is 9.90. The van der Waals surface area contributed by atoms with Crippen molar-refractivity contribution < 1.29 is 26.3 Å². The first kappa shape index (κ1) is 22.6. The monoisotopic (exact) mass is 430 g/mol. The van der Waals surface area contributed by atoms with E-state index in [1.54, 1.807) is 12.1 Å². The molecule has 0 saturated heterocycles. The van der Waals surface area contributed by atoms with Crippen LogP contribution in [0.1, 0.15) is 47.9 Å². The lowest BCUT2D eigenvalue weighted by Crippen LogP contribution is -2.49. The predicted octanol–water partition coefficient (Wildman–Crippen LogP) is 5.91. The second kappa shape index (κ2) is 9.39. The Morgan fingerprint density at radius 2 is 1.07 bits per heavy atom. The zero-order valence-electron chi connectivity index (χ0n) is 16.3. The topological polar surface area (TPSA) is 24.1 Å². The van der Waals surface area contributed by atoms with Crippen molar-refractivity contribution in [2.75, 3.05) is 0 Å². The number of halogens is 6. The molecule has 0 bridgehead atoms. The molecule has 2 nitrogen and oxygen atoms in total. The summed E-state index contributed by atoms with van der Waals surface area (Å²) in [6.07, 6.45) is -5.03. The average Bonchev–Trinajstić information content (AvgIpc) is 2.70. The van der Waals surface area contributed by atoms with Gasteiger partial charge in [0, 0.05) is 25.2 Å². The number of alkyl halides is 6. The highest BCUT2D eigenvalue weighted by atomic mass is 19.4. The molecule has 2 N–H and O–H groups in total. The largest absolute Gasteiger partial charge is 0.416 e. The van der Waals surface area contributed by atoms with Crippen molar-refractivity contribution in [3.63, 3.8) is 0 Å². The van der Waals surface area contributed by atoms with Crippen molar-refractivity contribution in [3.8, 4) is 0 Å². The maximum Gasteiger partial charge on any atom is 0.416 e. The van der Waals surface area contributed by atoms with E-state index < -0.39 is 23.5 Å². The van der Waals surface area contributed by atoms with Crippen LogP contribution in [0.3, 0.4) is 0 Å². The highest BCUT2D eigenvalue weighted by Gasteiger charge is 2.31. The second-order valence-corrected chi connectivity index (χ2v) is 7.66. The van der Waals surface area contributed by atoms with E-state index in [1.807, 2.05) is 0 Å². The normalized spacial score (nSPS) is 20.3. The van der Waals surface area contributed by atoms with Crippen LogP contribution in [0.4, 0.5) is 26.3 Å². The molecule has 2 aromatic carbocycles. The summed E-state index contributed by atoms with van der Waals surface area (Å²) in [5.74, 6) is 0. The zero-order chi connectivity index (χ0) is 21.8. The first-order chi connectivity index (χ1) is 14.1. The van der Waals surface area contributed by atoms with Gasteiger partial charge in [0.05, 0.1) is 11.1 Å². The van der Waals surface area contributed by atoms with Crippen molar-refractivity contribution in [1.29, 1.82) is 0 Å². The Morgan fingerprint density at radius 1 is 0.667 bits per heavy atom. The lowest BCUT2D eigenvalue weighted by molar-refractivity contribution is -0.138. The van der Waals surface area contributed by atoms with Crippen molar-refractivity contribution in [2.45, 2.75) is 63.2 Å². The third-order valence-electron chi connectivity index (χ3n) is 5.41. The molecule has 1 aliphatic carbocycles. The van der Waals surface area contributed by atoms with Gasteiger partial charge in [-0.2, -0.15) is 26.3 Å². The fraction of sp³-hybridized carbons (Fsp3) is 0.455. The van der Waals surface area contributed by atoms with Crippen LogP contribution < -0.4 is 10.6 Å². The third-order valence-corrected chi connectivity index (χ3v) is 5.41. The summed E-state index contributed by atoms with van der Waals surface area (Å²) in [6.45, 7) is 0.604. The van der Waals surface area contributed by atoms with Crippen molar-refractivity contribution in [1.82, 2.24) is 10.6 Å². The average molecular weight is 430 g/mol. The number of nitrogens with one attached hydrogen (secondary N) is 2. The summed E-state index contributed by atoms with van der Waals surface area (Å²) in [4.78, 5) is 0. The molecule has 0 spiro atoms. The summed E-state index contributed by atoms with van der Waals surface area (Å²) in [7, 11) is 0. The van der Waals surface area contributed by atoms with Crippen LogP contribution in [0.5, 0.6) is 0 Å². The molecular formula is C22H24F6N2. The van der Waals surface area contributed by atoms with E-state index in [-0.39, 0.29) is 12.1 Å². The summed E-state index contributed by atoms with van der Waals surface area (Å²) in [5, 5.41) is 6.66. The quantitative estimate of drug-likeness (QED) is 0.557. The van der Waals surface area contributed by atoms with Gasteiger partial charge in [0.1, 0.15) is 0 Å². The van der Waals surface area contributed by atoms with Crippen molar-refractivity contribution >= 4 is 0 Å². The highest BCUT2D eigenvalue weighted by Crippen LogP contribution is 2.30. The van der Waals surface area contributed by atoms with Gasteiger partial charge >= 0.3 is 12.4 Å². The molecule has 2 atom stereocenters. The number of hydrogen-bond donors (Lipinski definition) is 2. The molecule has 1 aliphatic rings. The molecule has 1 fully saturated rings. The van der Waals surface area contributed by atoms with Gasteiger partial charge in [-0.05, 0) is 36.1 Å². The van der Waals surface area contributed by atoms with Crippen molar-refractivity contribution in [3.05, 3.63) is 70.8 Å². The maximum atomic E-state index is 12.9. The van der Waals surface area contributed by atoms with E-state index >= 15 is 0 Å². The highest BCUT2D eigenvalue weighted by molar-refractivity contribution is 5.26. The number of benzene rings is 2. The van der Waals surface area contributed by atoms with E-state index in [2.05, 4.69) is 10.6 Å². The van der Waals surface area contributed by atoms with Gasteiger partial charge in [-0.3, -0.25) is 0 Å². The molecular weight excluding hydrogens is 406 g/mol. The Bertz CT molecular complexity index is 761. The van der Waals surface area contributed by atoms with Crippen molar-refractivity contribution in [2.24, 2.45) is 0 Å². The maximum absolute atomic E-state index is 12.9. The van der Waals surface area contributed by atoms with E-state index in [9.17, 15) is 26.3 Å². The standard InChI is InChI=1S/C22H24F6N2/c23-21(24,25)17-7-3-5-15(11-17)13-29-19-9-1-2-10-20(19)30-14-16-6-4-8-18(12-16)22(26,27)28/h3-8,11-12,19-20,29-30H,1-2,9-10,13-14H2/t19-,20-/m0/s1. The Labute approximate surface area is 171 Å². The van der Waals surface area contributed by atoms with Crippen LogP contribution in [-0.4, -0.2) is 12.1 Å². The van der Waals surface area contributed by atoms with E-state index in [0.29, 0.717) is 24.2 Å². The Balaban J connectivity index is 1.59. The molecule has 0 heterocycles. The van der Waals surface area contributed by atoms with E-state index in [4.69, 9.17) is 0 Å². The van der Waals surface area contributed by atoms with Crippen LogP contribution in [0.2, 0.25) is 0 Å². The fourth-order valence-electron chi connectivity index (χ4n) is 3.83. The van der Waals surface area contributed by atoms with E-state index in [1.165, 1.54) is 12.1 Å². The minimum absolute atomic E-state index is 0.0408. The predicted molar refractivity (Wildman–Crippen MR) is 103 cm³/mol. The van der Waals surface area contributed by atoms with Gasteiger partial charge in [-0.15, -0.1) is 0 Å². The van der Waals surface area contributed by atoms with Crippen LogP contribution in [0.25, 0.3) is 0 Å². The molecule has 0 aromatic heterocycles. The van der Waals surface area contributed by atoms with Gasteiger partial charge in [0.15, 0.2) is 0 Å². The molecule has 164 valence electrons. The summed E-state index contributed by atoms with van der Waals surface area (Å²) >= 11 is 0. The fourth-order valence-corrected chi connectivity index (χ4v) is 3.83.